The summed E-state index contributed by atoms with van der Waals surface area (Å²) in [7, 11) is 0. The Morgan fingerprint density at radius 2 is 1.95 bits per heavy atom. The van der Waals surface area contributed by atoms with Gasteiger partial charge in [-0.1, -0.05) is 41.6 Å². The van der Waals surface area contributed by atoms with Gasteiger partial charge in [-0.05, 0) is 29.9 Å². The van der Waals surface area contributed by atoms with Crippen LogP contribution in [0.2, 0.25) is 0 Å². The molecule has 3 aromatic rings. The van der Waals surface area contributed by atoms with Crippen LogP contribution in [0.25, 0.3) is 10.7 Å². The number of rotatable bonds is 6. The fourth-order valence-electron chi connectivity index (χ4n) is 2.57. The first-order valence-electron chi connectivity index (χ1n) is 7.53. The standard InChI is InChI=1S/C17H17N3OS/c1-2-5-13(6-3-1)11-20(14-8-9-14)12-16-18-17(19-21-16)15-7-4-10-22-15/h1-7,10,14H,8-9,11-12H2. The van der Waals surface area contributed by atoms with Crippen LogP contribution >= 0.6 is 11.3 Å². The Kier molecular flexibility index (Phi) is 3.74. The van der Waals surface area contributed by atoms with Crippen molar-refractivity contribution in [2.45, 2.75) is 32.0 Å². The molecule has 0 saturated heterocycles. The second-order valence-corrected chi connectivity index (χ2v) is 6.56. The summed E-state index contributed by atoms with van der Waals surface area (Å²) in [5, 5.41) is 6.12. The van der Waals surface area contributed by atoms with Gasteiger partial charge < -0.3 is 4.52 Å². The number of hydrogen-bond donors (Lipinski definition) is 0. The molecule has 0 atom stereocenters. The number of thiophene rings is 1. The minimum Gasteiger partial charge on any atom is -0.338 e. The molecular weight excluding hydrogens is 294 g/mol. The van der Waals surface area contributed by atoms with E-state index in [-0.39, 0.29) is 0 Å². The Balaban J connectivity index is 1.48. The van der Waals surface area contributed by atoms with Gasteiger partial charge in [-0.3, -0.25) is 4.90 Å². The lowest BCUT2D eigenvalue weighted by Crippen LogP contribution is -2.25. The summed E-state index contributed by atoms with van der Waals surface area (Å²) < 4.78 is 5.44. The average Bonchev–Trinajstić information content (AvgIpc) is 3.06. The molecule has 1 saturated carbocycles. The highest BCUT2D eigenvalue weighted by atomic mass is 32.1. The molecule has 1 aliphatic carbocycles. The Bertz CT molecular complexity index is 719. The Labute approximate surface area is 133 Å². The predicted molar refractivity (Wildman–Crippen MR) is 86.3 cm³/mol. The van der Waals surface area contributed by atoms with Crippen molar-refractivity contribution in [1.29, 1.82) is 0 Å². The molecule has 2 aromatic heterocycles. The third kappa shape index (κ3) is 3.10. The Morgan fingerprint density at radius 1 is 1.09 bits per heavy atom. The van der Waals surface area contributed by atoms with Crippen LogP contribution in [0.4, 0.5) is 0 Å². The lowest BCUT2D eigenvalue weighted by atomic mass is 10.2. The van der Waals surface area contributed by atoms with Crippen LogP contribution in [0.15, 0.2) is 52.4 Å². The second kappa shape index (κ2) is 6.02. The smallest absolute Gasteiger partial charge is 0.241 e. The number of aromatic nitrogens is 2. The highest BCUT2D eigenvalue weighted by Crippen LogP contribution is 2.30. The average molecular weight is 311 g/mol. The summed E-state index contributed by atoms with van der Waals surface area (Å²) in [6.45, 7) is 1.65. The van der Waals surface area contributed by atoms with Gasteiger partial charge in [0, 0.05) is 12.6 Å². The van der Waals surface area contributed by atoms with Crippen molar-refractivity contribution in [1.82, 2.24) is 15.0 Å². The van der Waals surface area contributed by atoms with Crippen molar-refractivity contribution in [3.05, 3.63) is 59.3 Å². The molecule has 22 heavy (non-hydrogen) atoms. The molecule has 0 N–H and O–H groups in total. The number of benzene rings is 1. The van der Waals surface area contributed by atoms with E-state index in [1.807, 2.05) is 17.5 Å². The largest absolute Gasteiger partial charge is 0.338 e. The highest BCUT2D eigenvalue weighted by Gasteiger charge is 2.30. The molecule has 1 aliphatic rings. The fraction of sp³-hybridized carbons (Fsp3) is 0.294. The molecule has 1 aromatic carbocycles. The molecular formula is C17H17N3OS. The summed E-state index contributed by atoms with van der Waals surface area (Å²) in [5.41, 5.74) is 1.33. The molecule has 2 heterocycles. The zero-order valence-electron chi connectivity index (χ0n) is 12.2. The lowest BCUT2D eigenvalue weighted by Gasteiger charge is -2.19. The van der Waals surface area contributed by atoms with Crippen molar-refractivity contribution in [2.75, 3.05) is 0 Å². The van der Waals surface area contributed by atoms with Gasteiger partial charge in [0.25, 0.3) is 0 Å². The maximum Gasteiger partial charge on any atom is 0.241 e. The summed E-state index contributed by atoms with van der Waals surface area (Å²) in [5.74, 6) is 1.40. The van der Waals surface area contributed by atoms with Crippen molar-refractivity contribution < 1.29 is 4.52 Å². The SMILES string of the molecule is c1ccc(CN(Cc2nc(-c3cccs3)no2)C2CC2)cc1. The van der Waals surface area contributed by atoms with E-state index in [1.165, 1.54) is 18.4 Å². The van der Waals surface area contributed by atoms with E-state index >= 15 is 0 Å². The van der Waals surface area contributed by atoms with E-state index in [2.05, 4.69) is 45.4 Å². The van der Waals surface area contributed by atoms with E-state index in [0.717, 1.165) is 18.0 Å². The van der Waals surface area contributed by atoms with E-state index in [4.69, 9.17) is 4.52 Å². The van der Waals surface area contributed by atoms with Crippen molar-refractivity contribution in [3.63, 3.8) is 0 Å². The lowest BCUT2D eigenvalue weighted by molar-refractivity contribution is 0.209. The molecule has 4 nitrogen and oxygen atoms in total. The van der Waals surface area contributed by atoms with Crippen LogP contribution in [-0.2, 0) is 13.1 Å². The van der Waals surface area contributed by atoms with Crippen molar-refractivity contribution >= 4 is 11.3 Å². The predicted octanol–water partition coefficient (Wildman–Crippen LogP) is 3.96. The molecule has 1 fully saturated rings. The first-order valence-corrected chi connectivity index (χ1v) is 8.41. The van der Waals surface area contributed by atoms with Crippen LogP contribution in [0.5, 0.6) is 0 Å². The molecule has 5 heteroatoms. The minimum atomic E-state index is 0.650. The van der Waals surface area contributed by atoms with E-state index in [9.17, 15) is 0 Å². The van der Waals surface area contributed by atoms with Gasteiger partial charge in [0.2, 0.25) is 11.7 Å². The minimum absolute atomic E-state index is 0.650. The normalized spacial score (nSPS) is 14.6. The first kappa shape index (κ1) is 13.7. The number of hydrogen-bond acceptors (Lipinski definition) is 5. The van der Waals surface area contributed by atoms with E-state index in [1.54, 1.807) is 11.3 Å². The molecule has 112 valence electrons. The molecule has 0 radical (unpaired) electrons. The second-order valence-electron chi connectivity index (χ2n) is 5.61. The van der Waals surface area contributed by atoms with Crippen LogP contribution in [0, 0.1) is 0 Å². The Hall–Kier alpha value is -1.98. The molecule has 0 spiro atoms. The van der Waals surface area contributed by atoms with Crippen LogP contribution < -0.4 is 0 Å². The third-order valence-electron chi connectivity index (χ3n) is 3.84. The highest BCUT2D eigenvalue weighted by molar-refractivity contribution is 7.13. The molecule has 0 unspecified atom stereocenters. The van der Waals surface area contributed by atoms with Gasteiger partial charge in [0.1, 0.15) is 0 Å². The van der Waals surface area contributed by atoms with Gasteiger partial charge >= 0.3 is 0 Å². The topological polar surface area (TPSA) is 42.2 Å². The summed E-state index contributed by atoms with van der Waals surface area (Å²) in [6.07, 6.45) is 2.53. The van der Waals surface area contributed by atoms with Gasteiger partial charge in [-0.25, -0.2) is 0 Å². The molecule has 4 rings (SSSR count). The quantitative estimate of drug-likeness (QED) is 0.691. The van der Waals surface area contributed by atoms with Crippen molar-refractivity contribution in [3.8, 4) is 10.7 Å². The van der Waals surface area contributed by atoms with Gasteiger partial charge in [-0.15, -0.1) is 11.3 Å². The summed E-state index contributed by atoms with van der Waals surface area (Å²) in [6, 6.07) is 15.2. The van der Waals surface area contributed by atoms with Crippen LogP contribution in [0.3, 0.4) is 0 Å². The third-order valence-corrected chi connectivity index (χ3v) is 4.71. The van der Waals surface area contributed by atoms with Crippen molar-refractivity contribution in [2.24, 2.45) is 0 Å². The van der Waals surface area contributed by atoms with Gasteiger partial charge in [0.15, 0.2) is 0 Å². The first-order chi connectivity index (χ1) is 10.9. The van der Waals surface area contributed by atoms with E-state index in [0.29, 0.717) is 17.8 Å². The van der Waals surface area contributed by atoms with Crippen LogP contribution in [-0.4, -0.2) is 21.1 Å². The zero-order chi connectivity index (χ0) is 14.8. The molecule has 0 bridgehead atoms. The maximum atomic E-state index is 5.44. The van der Waals surface area contributed by atoms with Gasteiger partial charge in [-0.2, -0.15) is 4.98 Å². The van der Waals surface area contributed by atoms with Gasteiger partial charge in [0.05, 0.1) is 11.4 Å². The monoisotopic (exact) mass is 311 g/mol. The molecule has 0 amide bonds. The maximum absolute atomic E-state index is 5.44. The zero-order valence-corrected chi connectivity index (χ0v) is 13.0. The number of nitrogens with zero attached hydrogens (tertiary/aromatic N) is 3. The van der Waals surface area contributed by atoms with E-state index < -0.39 is 0 Å². The van der Waals surface area contributed by atoms with Crippen LogP contribution in [0.1, 0.15) is 24.3 Å². The summed E-state index contributed by atoms with van der Waals surface area (Å²) in [4.78, 5) is 8.02. The Morgan fingerprint density at radius 3 is 2.68 bits per heavy atom. The fourth-order valence-corrected chi connectivity index (χ4v) is 3.22. The molecule has 0 aliphatic heterocycles. The summed E-state index contributed by atoms with van der Waals surface area (Å²) >= 11 is 1.63.